The van der Waals surface area contributed by atoms with Gasteiger partial charge in [-0.05, 0) is 38.5 Å². The molecule has 0 amide bonds. The van der Waals surface area contributed by atoms with E-state index in [1.807, 2.05) is 13.0 Å². The summed E-state index contributed by atoms with van der Waals surface area (Å²) in [7, 11) is 0. The number of allylic oxidation sites excluding steroid dienone is 2. The molecule has 0 saturated heterocycles. The summed E-state index contributed by atoms with van der Waals surface area (Å²) in [4.78, 5) is 19.8. The Kier molecular flexibility index (Phi) is 5.75. The van der Waals surface area contributed by atoms with Gasteiger partial charge in [-0.2, -0.15) is 0 Å². The standard InChI is InChI=1S/C18H23N3O2/c1-4-9-19-17-16(11-20-13(3)21-17)10-12(2)14-5-7-15(8-6-14)18(22)23/h1,10,14-15H,2,5-9,11H2,3H3,(H,22,23)(H,19,20,21)/b16-10+. The van der Waals surface area contributed by atoms with E-state index in [-0.39, 0.29) is 5.92 Å². The number of hydrogen-bond acceptors (Lipinski definition) is 3. The predicted octanol–water partition coefficient (Wildman–Crippen LogP) is 2.41. The summed E-state index contributed by atoms with van der Waals surface area (Å²) in [5.41, 5.74) is 2.00. The van der Waals surface area contributed by atoms with Crippen LogP contribution < -0.4 is 5.32 Å². The first-order chi connectivity index (χ1) is 11.0. The van der Waals surface area contributed by atoms with Gasteiger partial charge in [-0.1, -0.05) is 24.1 Å². The third-order valence-electron chi connectivity index (χ3n) is 4.38. The van der Waals surface area contributed by atoms with Gasteiger partial charge < -0.3 is 10.4 Å². The number of terminal acetylenes is 1. The Balaban J connectivity index is 2.06. The second-order valence-electron chi connectivity index (χ2n) is 6.03. The summed E-state index contributed by atoms with van der Waals surface area (Å²) >= 11 is 0. The van der Waals surface area contributed by atoms with E-state index in [1.54, 1.807) is 0 Å². The van der Waals surface area contributed by atoms with Crippen molar-refractivity contribution in [3.05, 3.63) is 23.8 Å². The fourth-order valence-corrected chi connectivity index (χ4v) is 3.00. The number of nitrogens with one attached hydrogen (secondary N) is 1. The van der Waals surface area contributed by atoms with Crippen molar-refractivity contribution >= 4 is 17.6 Å². The minimum Gasteiger partial charge on any atom is -0.481 e. The van der Waals surface area contributed by atoms with Crippen LogP contribution >= 0.6 is 0 Å². The van der Waals surface area contributed by atoms with Crippen LogP contribution in [-0.4, -0.2) is 35.8 Å². The van der Waals surface area contributed by atoms with Gasteiger partial charge in [-0.15, -0.1) is 6.42 Å². The molecule has 0 bridgehead atoms. The first-order valence-electron chi connectivity index (χ1n) is 7.89. The zero-order chi connectivity index (χ0) is 16.8. The van der Waals surface area contributed by atoms with Crippen LogP contribution in [0.3, 0.4) is 0 Å². The van der Waals surface area contributed by atoms with Crippen molar-refractivity contribution in [2.75, 3.05) is 13.1 Å². The van der Waals surface area contributed by atoms with Crippen LogP contribution in [0, 0.1) is 24.2 Å². The van der Waals surface area contributed by atoms with Gasteiger partial charge in [0.15, 0.2) is 0 Å². The number of nitrogens with zero attached hydrogens (tertiary/aromatic N) is 2. The first-order valence-corrected chi connectivity index (χ1v) is 7.89. The van der Waals surface area contributed by atoms with E-state index < -0.39 is 5.97 Å². The van der Waals surface area contributed by atoms with Gasteiger partial charge in [0.25, 0.3) is 0 Å². The SMILES string of the molecule is C#CCN=C1NC(C)=NC/C1=C\C(=C)C1CCC(C(=O)O)CC1. The zero-order valence-electron chi connectivity index (χ0n) is 13.5. The maximum atomic E-state index is 11.0. The van der Waals surface area contributed by atoms with E-state index >= 15 is 0 Å². The van der Waals surface area contributed by atoms with Crippen LogP contribution in [0.1, 0.15) is 32.6 Å². The Hall–Kier alpha value is -2.35. The average Bonchev–Trinajstić information content (AvgIpc) is 2.55. The van der Waals surface area contributed by atoms with E-state index in [1.165, 1.54) is 0 Å². The smallest absolute Gasteiger partial charge is 0.306 e. The summed E-state index contributed by atoms with van der Waals surface area (Å²) < 4.78 is 0. The van der Waals surface area contributed by atoms with Crippen molar-refractivity contribution in [2.45, 2.75) is 32.6 Å². The largest absolute Gasteiger partial charge is 0.481 e. The van der Waals surface area contributed by atoms with Crippen molar-refractivity contribution in [1.29, 1.82) is 0 Å². The number of aliphatic carboxylic acids is 1. The van der Waals surface area contributed by atoms with E-state index in [0.29, 0.717) is 19.0 Å². The fourth-order valence-electron chi connectivity index (χ4n) is 3.00. The maximum Gasteiger partial charge on any atom is 0.306 e. The fraction of sp³-hybridized carbons (Fsp3) is 0.500. The summed E-state index contributed by atoms with van der Waals surface area (Å²) in [5, 5.41) is 12.2. The summed E-state index contributed by atoms with van der Waals surface area (Å²) in [6, 6.07) is 0. The molecule has 0 unspecified atom stereocenters. The minimum atomic E-state index is -0.683. The molecule has 0 spiro atoms. The normalized spacial score (nSPS) is 27.9. The molecular formula is C18H23N3O2. The van der Waals surface area contributed by atoms with E-state index in [9.17, 15) is 4.79 Å². The lowest BCUT2D eigenvalue weighted by atomic mass is 9.78. The molecule has 2 N–H and O–H groups in total. The molecule has 2 aliphatic rings. The highest BCUT2D eigenvalue weighted by Gasteiger charge is 2.27. The molecule has 23 heavy (non-hydrogen) atoms. The molecule has 1 fully saturated rings. The molecule has 5 nitrogen and oxygen atoms in total. The number of rotatable bonds is 4. The van der Waals surface area contributed by atoms with Gasteiger partial charge >= 0.3 is 5.97 Å². The quantitative estimate of drug-likeness (QED) is 0.783. The number of carboxylic acids is 1. The highest BCUT2D eigenvalue weighted by atomic mass is 16.4. The Labute approximate surface area is 137 Å². The number of carbonyl (C=O) groups is 1. The van der Waals surface area contributed by atoms with Crippen LogP contribution in [0.2, 0.25) is 0 Å². The van der Waals surface area contributed by atoms with Crippen LogP contribution in [0.25, 0.3) is 0 Å². The van der Waals surface area contributed by atoms with Crippen molar-refractivity contribution < 1.29 is 9.90 Å². The molecule has 1 aliphatic heterocycles. The molecule has 1 saturated carbocycles. The number of aliphatic imine (C=N–C) groups is 2. The molecule has 2 rings (SSSR count). The Morgan fingerprint density at radius 3 is 2.74 bits per heavy atom. The zero-order valence-corrected chi connectivity index (χ0v) is 13.5. The van der Waals surface area contributed by atoms with Gasteiger partial charge in [0, 0.05) is 5.57 Å². The third-order valence-corrected chi connectivity index (χ3v) is 4.38. The van der Waals surface area contributed by atoms with Crippen molar-refractivity contribution in [3.8, 4) is 12.3 Å². The Morgan fingerprint density at radius 2 is 2.13 bits per heavy atom. The van der Waals surface area contributed by atoms with Gasteiger partial charge in [-0.25, -0.2) is 0 Å². The lowest BCUT2D eigenvalue weighted by Gasteiger charge is -2.27. The van der Waals surface area contributed by atoms with Crippen LogP contribution in [0.5, 0.6) is 0 Å². The number of carboxylic acid groups (broad SMARTS) is 1. The minimum absolute atomic E-state index is 0.206. The summed E-state index contributed by atoms with van der Waals surface area (Å²) in [5.74, 6) is 3.54. The van der Waals surface area contributed by atoms with Gasteiger partial charge in [0.05, 0.1) is 18.3 Å². The molecule has 0 aromatic heterocycles. The molecule has 1 heterocycles. The molecule has 0 atom stereocenters. The lowest BCUT2D eigenvalue weighted by molar-refractivity contribution is -0.142. The number of amidine groups is 2. The van der Waals surface area contributed by atoms with Crippen LogP contribution in [-0.2, 0) is 4.79 Å². The van der Waals surface area contributed by atoms with E-state index in [2.05, 4.69) is 27.8 Å². The first kappa shape index (κ1) is 17.0. The van der Waals surface area contributed by atoms with Crippen molar-refractivity contribution in [1.82, 2.24) is 5.32 Å². The second-order valence-corrected chi connectivity index (χ2v) is 6.03. The van der Waals surface area contributed by atoms with Gasteiger partial charge in [0.1, 0.15) is 12.4 Å². The van der Waals surface area contributed by atoms with Crippen molar-refractivity contribution in [3.63, 3.8) is 0 Å². The third kappa shape index (κ3) is 4.56. The summed E-state index contributed by atoms with van der Waals surface area (Å²) in [6.45, 7) is 6.96. The monoisotopic (exact) mass is 313 g/mol. The topological polar surface area (TPSA) is 74.0 Å². The van der Waals surface area contributed by atoms with Crippen LogP contribution in [0.15, 0.2) is 33.8 Å². The number of hydrogen-bond donors (Lipinski definition) is 2. The van der Waals surface area contributed by atoms with Gasteiger partial charge in [-0.3, -0.25) is 14.8 Å². The molecule has 1 aliphatic carbocycles. The highest BCUT2D eigenvalue weighted by Crippen LogP contribution is 2.33. The van der Waals surface area contributed by atoms with Crippen molar-refractivity contribution in [2.24, 2.45) is 21.8 Å². The predicted molar refractivity (Wildman–Crippen MR) is 92.6 cm³/mol. The molecule has 0 aromatic rings. The summed E-state index contributed by atoms with van der Waals surface area (Å²) in [6.07, 6.45) is 10.5. The van der Waals surface area contributed by atoms with Gasteiger partial charge in [0.2, 0.25) is 0 Å². The van der Waals surface area contributed by atoms with Crippen LogP contribution in [0.4, 0.5) is 0 Å². The Morgan fingerprint density at radius 1 is 1.48 bits per heavy atom. The molecule has 122 valence electrons. The second kappa shape index (κ2) is 7.77. The van der Waals surface area contributed by atoms with E-state index in [4.69, 9.17) is 11.5 Å². The highest BCUT2D eigenvalue weighted by molar-refractivity contribution is 6.11. The van der Waals surface area contributed by atoms with E-state index in [0.717, 1.165) is 48.5 Å². The molecule has 5 heteroatoms. The lowest BCUT2D eigenvalue weighted by Crippen LogP contribution is -2.35. The molecular weight excluding hydrogens is 290 g/mol. The maximum absolute atomic E-state index is 11.0. The molecule has 0 radical (unpaired) electrons. The Bertz CT molecular complexity index is 615. The average molecular weight is 313 g/mol. The molecule has 0 aromatic carbocycles.